The van der Waals surface area contributed by atoms with Crippen LogP contribution in [0.15, 0.2) is 46.2 Å². The largest absolute Gasteiger partial charge is 0.451 e. The summed E-state index contributed by atoms with van der Waals surface area (Å²) in [7, 11) is 0. The van der Waals surface area contributed by atoms with Crippen LogP contribution in [0.1, 0.15) is 32.9 Å². The molecule has 2 aromatic carbocycles. The van der Waals surface area contributed by atoms with Crippen LogP contribution in [0, 0.1) is 20.8 Å². The Morgan fingerprint density at radius 3 is 2.69 bits per heavy atom. The van der Waals surface area contributed by atoms with Gasteiger partial charge in [0.25, 0.3) is 5.91 Å². The maximum absolute atomic E-state index is 12.6. The molecular formula is C23H21ClN2O2S. The molecule has 2 heterocycles. The molecule has 4 aromatic rings. The summed E-state index contributed by atoms with van der Waals surface area (Å²) in [4.78, 5) is 17.3. The average Bonchev–Trinajstić information content (AvgIpc) is 3.27. The molecule has 1 N–H and O–H groups in total. The first-order valence-corrected chi connectivity index (χ1v) is 10.7. The minimum Gasteiger partial charge on any atom is -0.451 e. The summed E-state index contributed by atoms with van der Waals surface area (Å²) in [5.41, 5.74) is 5.88. The predicted molar refractivity (Wildman–Crippen MR) is 119 cm³/mol. The number of nitrogens with one attached hydrogen (secondary N) is 1. The normalized spacial score (nSPS) is 11.2. The fourth-order valence-corrected chi connectivity index (χ4v) is 4.52. The lowest BCUT2D eigenvalue weighted by molar-refractivity contribution is 0.0927. The molecule has 0 bridgehead atoms. The van der Waals surface area contributed by atoms with E-state index in [1.165, 1.54) is 0 Å². The summed E-state index contributed by atoms with van der Waals surface area (Å²) < 4.78 is 5.86. The number of rotatable bonds is 5. The van der Waals surface area contributed by atoms with Crippen molar-refractivity contribution in [1.82, 2.24) is 10.3 Å². The van der Waals surface area contributed by atoms with E-state index in [1.54, 1.807) is 11.3 Å². The summed E-state index contributed by atoms with van der Waals surface area (Å²) in [5.74, 6) is 0.192. The fourth-order valence-electron chi connectivity index (χ4n) is 3.54. The Hall–Kier alpha value is -2.63. The average molecular weight is 425 g/mol. The molecule has 0 saturated carbocycles. The van der Waals surface area contributed by atoms with Crippen molar-refractivity contribution < 1.29 is 9.21 Å². The van der Waals surface area contributed by atoms with Crippen LogP contribution in [0.2, 0.25) is 5.02 Å². The number of carbonyl (C=O) groups is 1. The molecule has 0 fully saturated rings. The minimum absolute atomic E-state index is 0.191. The van der Waals surface area contributed by atoms with Crippen LogP contribution in [-0.4, -0.2) is 17.4 Å². The number of halogens is 1. The number of furan rings is 1. The van der Waals surface area contributed by atoms with E-state index in [-0.39, 0.29) is 5.91 Å². The number of thiazole rings is 1. The van der Waals surface area contributed by atoms with Gasteiger partial charge in [-0.25, -0.2) is 4.98 Å². The van der Waals surface area contributed by atoms with E-state index in [0.717, 1.165) is 43.9 Å². The van der Waals surface area contributed by atoms with E-state index in [1.807, 2.05) is 56.5 Å². The SMILES string of the molecule is Cc1cc(C)c2c(C)c(C(=O)NCCc3csc(-c4ccc(Cl)cc4)n3)oc2c1. The molecular weight excluding hydrogens is 404 g/mol. The van der Waals surface area contributed by atoms with Gasteiger partial charge in [0.05, 0.1) is 5.69 Å². The maximum Gasteiger partial charge on any atom is 0.287 e. The molecule has 0 aliphatic rings. The van der Waals surface area contributed by atoms with Crippen LogP contribution < -0.4 is 5.32 Å². The molecule has 1 amide bonds. The molecule has 0 atom stereocenters. The topological polar surface area (TPSA) is 55.1 Å². The van der Waals surface area contributed by atoms with Crippen molar-refractivity contribution >= 4 is 39.8 Å². The number of benzene rings is 2. The van der Waals surface area contributed by atoms with Crippen molar-refractivity contribution in [2.75, 3.05) is 6.54 Å². The zero-order valence-corrected chi connectivity index (χ0v) is 18.1. The van der Waals surface area contributed by atoms with E-state index in [2.05, 4.69) is 16.4 Å². The molecule has 148 valence electrons. The molecule has 29 heavy (non-hydrogen) atoms. The van der Waals surface area contributed by atoms with Gasteiger partial charge in [0, 0.05) is 39.9 Å². The van der Waals surface area contributed by atoms with Crippen LogP contribution in [-0.2, 0) is 6.42 Å². The van der Waals surface area contributed by atoms with Gasteiger partial charge >= 0.3 is 0 Å². The highest BCUT2D eigenvalue weighted by atomic mass is 35.5. The molecule has 0 unspecified atom stereocenters. The molecule has 0 radical (unpaired) electrons. The number of hydrogen-bond acceptors (Lipinski definition) is 4. The smallest absolute Gasteiger partial charge is 0.287 e. The van der Waals surface area contributed by atoms with Gasteiger partial charge in [0.2, 0.25) is 0 Å². The molecule has 6 heteroatoms. The standard InChI is InChI=1S/C23H21ClN2O2S/c1-13-10-14(2)20-15(3)21(28-19(20)11-13)22(27)25-9-8-18-12-29-23(26-18)16-4-6-17(24)7-5-16/h4-7,10-12H,8-9H2,1-3H3,(H,25,27). The summed E-state index contributed by atoms with van der Waals surface area (Å²) in [6.45, 7) is 6.50. The summed E-state index contributed by atoms with van der Waals surface area (Å²) in [6.07, 6.45) is 0.660. The Balaban J connectivity index is 1.42. The van der Waals surface area contributed by atoms with E-state index >= 15 is 0 Å². The molecule has 0 spiro atoms. The Labute approximate surface area is 178 Å². The number of fused-ring (bicyclic) bond motifs is 1. The van der Waals surface area contributed by atoms with Crippen molar-refractivity contribution in [1.29, 1.82) is 0 Å². The number of aromatic nitrogens is 1. The third-order valence-corrected chi connectivity index (χ3v) is 6.08. The molecule has 4 nitrogen and oxygen atoms in total. The van der Waals surface area contributed by atoms with Crippen molar-refractivity contribution in [3.63, 3.8) is 0 Å². The van der Waals surface area contributed by atoms with Gasteiger partial charge in [0.1, 0.15) is 10.6 Å². The zero-order valence-electron chi connectivity index (χ0n) is 16.5. The van der Waals surface area contributed by atoms with E-state index in [9.17, 15) is 4.79 Å². The monoisotopic (exact) mass is 424 g/mol. The lowest BCUT2D eigenvalue weighted by Gasteiger charge is -2.02. The molecule has 0 aliphatic carbocycles. The fraction of sp³-hybridized carbons (Fsp3) is 0.217. The van der Waals surface area contributed by atoms with Gasteiger partial charge in [-0.05, 0) is 50.1 Å². The lowest BCUT2D eigenvalue weighted by Crippen LogP contribution is -2.25. The van der Waals surface area contributed by atoms with Crippen LogP contribution in [0.4, 0.5) is 0 Å². The first-order valence-electron chi connectivity index (χ1n) is 9.41. The summed E-state index contributed by atoms with van der Waals surface area (Å²) in [5, 5.41) is 7.65. The van der Waals surface area contributed by atoms with Crippen molar-refractivity contribution in [3.8, 4) is 10.6 Å². The third-order valence-electron chi connectivity index (χ3n) is 4.89. The number of carbonyl (C=O) groups excluding carboxylic acids is 1. The number of nitrogens with zero attached hydrogens (tertiary/aromatic N) is 1. The second kappa shape index (κ2) is 8.01. The van der Waals surface area contributed by atoms with Gasteiger partial charge < -0.3 is 9.73 Å². The number of hydrogen-bond donors (Lipinski definition) is 1. The molecule has 0 saturated heterocycles. The lowest BCUT2D eigenvalue weighted by atomic mass is 10.0. The third kappa shape index (κ3) is 4.07. The van der Waals surface area contributed by atoms with Gasteiger partial charge in [-0.15, -0.1) is 11.3 Å². The Morgan fingerprint density at radius 2 is 1.93 bits per heavy atom. The minimum atomic E-state index is -0.191. The second-order valence-corrected chi connectivity index (χ2v) is 8.46. The Kier molecular flexibility index (Phi) is 5.43. The Morgan fingerprint density at radius 1 is 1.17 bits per heavy atom. The highest BCUT2D eigenvalue weighted by Crippen LogP contribution is 2.29. The first-order chi connectivity index (χ1) is 13.9. The van der Waals surface area contributed by atoms with E-state index < -0.39 is 0 Å². The van der Waals surface area contributed by atoms with Crippen LogP contribution in [0.25, 0.3) is 21.5 Å². The van der Waals surface area contributed by atoms with Crippen molar-refractivity contribution in [2.45, 2.75) is 27.2 Å². The van der Waals surface area contributed by atoms with Crippen LogP contribution in [0.3, 0.4) is 0 Å². The van der Waals surface area contributed by atoms with Gasteiger partial charge in [0.15, 0.2) is 5.76 Å². The summed E-state index contributed by atoms with van der Waals surface area (Å²) >= 11 is 7.53. The van der Waals surface area contributed by atoms with Gasteiger partial charge in [-0.1, -0.05) is 29.8 Å². The predicted octanol–water partition coefficient (Wildman–Crippen LogP) is 6.11. The van der Waals surface area contributed by atoms with Crippen molar-refractivity contribution in [2.24, 2.45) is 0 Å². The second-order valence-electron chi connectivity index (χ2n) is 7.17. The Bertz CT molecular complexity index is 1190. The quantitative estimate of drug-likeness (QED) is 0.420. The van der Waals surface area contributed by atoms with Crippen molar-refractivity contribution in [3.05, 3.63) is 74.9 Å². The molecule has 0 aliphatic heterocycles. The molecule has 4 rings (SSSR count). The van der Waals surface area contributed by atoms with Gasteiger partial charge in [-0.3, -0.25) is 4.79 Å². The highest BCUT2D eigenvalue weighted by molar-refractivity contribution is 7.13. The molecule has 2 aromatic heterocycles. The highest BCUT2D eigenvalue weighted by Gasteiger charge is 2.19. The van der Waals surface area contributed by atoms with E-state index in [0.29, 0.717) is 23.7 Å². The van der Waals surface area contributed by atoms with Gasteiger partial charge in [-0.2, -0.15) is 0 Å². The summed E-state index contributed by atoms with van der Waals surface area (Å²) in [6, 6.07) is 11.7. The first kappa shape index (κ1) is 19.7. The van der Waals surface area contributed by atoms with Crippen LogP contribution in [0.5, 0.6) is 0 Å². The van der Waals surface area contributed by atoms with Crippen LogP contribution >= 0.6 is 22.9 Å². The zero-order chi connectivity index (χ0) is 20.5. The maximum atomic E-state index is 12.6. The number of amides is 1. The number of aryl methyl sites for hydroxylation is 3. The van der Waals surface area contributed by atoms with E-state index in [4.69, 9.17) is 16.0 Å².